The van der Waals surface area contributed by atoms with Gasteiger partial charge in [0.2, 0.25) is 0 Å². The zero-order valence-electron chi connectivity index (χ0n) is 14.9. The van der Waals surface area contributed by atoms with Crippen LogP contribution in [0.4, 0.5) is 10.2 Å². The Hall–Kier alpha value is -3.28. The van der Waals surface area contributed by atoms with Crippen LogP contribution in [-0.2, 0) is 12.8 Å². The molecular weight excluding hydrogens is 343 g/mol. The standard InChI is InChI=1S/C21H21FN4O/c22-18-9-5-4-8-17(18)11-13-23-20-14-19(25-15-26-20)21(27)24-12-10-16-6-2-1-3-7-16/h1-9,14-15H,10-13H2,(H,24,27)(H,23,25,26). The number of hydrogen-bond donors (Lipinski definition) is 2. The average Bonchev–Trinajstić information content (AvgIpc) is 2.70. The van der Waals surface area contributed by atoms with Gasteiger partial charge in [-0.2, -0.15) is 0 Å². The number of hydrogen-bond acceptors (Lipinski definition) is 4. The zero-order chi connectivity index (χ0) is 18.9. The number of anilines is 1. The van der Waals surface area contributed by atoms with E-state index in [1.165, 1.54) is 12.4 Å². The lowest BCUT2D eigenvalue weighted by molar-refractivity contribution is 0.0949. The third kappa shape index (κ3) is 5.60. The number of carbonyl (C=O) groups excluding carboxylic acids is 1. The fraction of sp³-hybridized carbons (Fsp3) is 0.190. The highest BCUT2D eigenvalue weighted by Gasteiger charge is 2.08. The van der Waals surface area contributed by atoms with E-state index in [4.69, 9.17) is 0 Å². The Morgan fingerprint density at radius 2 is 1.70 bits per heavy atom. The quantitative estimate of drug-likeness (QED) is 0.644. The summed E-state index contributed by atoms with van der Waals surface area (Å²) in [6, 6.07) is 18.2. The number of nitrogens with one attached hydrogen (secondary N) is 2. The van der Waals surface area contributed by atoms with Gasteiger partial charge in [0.1, 0.15) is 23.7 Å². The molecule has 0 aliphatic rings. The number of nitrogens with zero attached hydrogens (tertiary/aromatic N) is 2. The molecule has 6 heteroatoms. The average molecular weight is 364 g/mol. The minimum Gasteiger partial charge on any atom is -0.370 e. The molecule has 0 saturated heterocycles. The molecule has 2 N–H and O–H groups in total. The molecule has 0 aliphatic carbocycles. The summed E-state index contributed by atoms with van der Waals surface area (Å²) in [4.78, 5) is 20.4. The van der Waals surface area contributed by atoms with Crippen LogP contribution in [0.5, 0.6) is 0 Å². The van der Waals surface area contributed by atoms with Crippen molar-refractivity contribution < 1.29 is 9.18 Å². The van der Waals surface area contributed by atoms with Crippen molar-refractivity contribution >= 4 is 11.7 Å². The molecule has 3 rings (SSSR count). The summed E-state index contributed by atoms with van der Waals surface area (Å²) >= 11 is 0. The first-order chi connectivity index (χ1) is 13.2. The third-order valence-corrected chi connectivity index (χ3v) is 4.10. The molecule has 0 aliphatic heterocycles. The van der Waals surface area contributed by atoms with E-state index < -0.39 is 0 Å². The Bertz CT molecular complexity index is 886. The highest BCUT2D eigenvalue weighted by molar-refractivity contribution is 5.92. The number of rotatable bonds is 8. The number of aromatic nitrogens is 2. The van der Waals surface area contributed by atoms with Gasteiger partial charge in [0, 0.05) is 19.2 Å². The molecule has 0 spiro atoms. The van der Waals surface area contributed by atoms with Gasteiger partial charge in [-0.15, -0.1) is 0 Å². The minimum absolute atomic E-state index is 0.222. The van der Waals surface area contributed by atoms with Gasteiger partial charge in [-0.05, 0) is 30.0 Å². The van der Waals surface area contributed by atoms with Crippen LogP contribution in [0.2, 0.25) is 0 Å². The summed E-state index contributed by atoms with van der Waals surface area (Å²) < 4.78 is 13.6. The van der Waals surface area contributed by atoms with Crippen LogP contribution >= 0.6 is 0 Å². The molecule has 0 fully saturated rings. The second kappa shape index (κ2) is 9.43. The van der Waals surface area contributed by atoms with Crippen molar-refractivity contribution in [2.75, 3.05) is 18.4 Å². The fourth-order valence-corrected chi connectivity index (χ4v) is 2.66. The highest BCUT2D eigenvalue weighted by atomic mass is 19.1. The lowest BCUT2D eigenvalue weighted by Crippen LogP contribution is -2.26. The maximum atomic E-state index is 13.6. The van der Waals surface area contributed by atoms with Gasteiger partial charge in [-0.25, -0.2) is 14.4 Å². The second-order valence-electron chi connectivity index (χ2n) is 6.05. The van der Waals surface area contributed by atoms with E-state index in [9.17, 15) is 9.18 Å². The highest BCUT2D eigenvalue weighted by Crippen LogP contribution is 2.09. The first kappa shape index (κ1) is 18.5. The third-order valence-electron chi connectivity index (χ3n) is 4.10. The molecule has 1 amide bonds. The molecule has 1 heterocycles. The van der Waals surface area contributed by atoms with Crippen molar-refractivity contribution in [1.29, 1.82) is 0 Å². The molecule has 0 saturated carbocycles. The van der Waals surface area contributed by atoms with E-state index in [0.29, 0.717) is 36.6 Å². The number of halogens is 1. The van der Waals surface area contributed by atoms with Gasteiger partial charge in [-0.1, -0.05) is 48.5 Å². The molecule has 1 aromatic heterocycles. The molecule has 0 unspecified atom stereocenters. The van der Waals surface area contributed by atoms with E-state index >= 15 is 0 Å². The van der Waals surface area contributed by atoms with Crippen LogP contribution in [0, 0.1) is 5.82 Å². The Morgan fingerprint density at radius 1 is 0.926 bits per heavy atom. The predicted molar refractivity (Wildman–Crippen MR) is 103 cm³/mol. The summed E-state index contributed by atoms with van der Waals surface area (Å²) in [5, 5.41) is 5.96. The van der Waals surface area contributed by atoms with Gasteiger partial charge >= 0.3 is 0 Å². The molecule has 3 aromatic rings. The molecule has 0 bridgehead atoms. The van der Waals surface area contributed by atoms with Crippen molar-refractivity contribution in [2.24, 2.45) is 0 Å². The first-order valence-corrected chi connectivity index (χ1v) is 8.84. The largest absolute Gasteiger partial charge is 0.370 e. The van der Waals surface area contributed by atoms with Crippen molar-refractivity contribution in [3.63, 3.8) is 0 Å². The van der Waals surface area contributed by atoms with Crippen molar-refractivity contribution in [3.8, 4) is 0 Å². The van der Waals surface area contributed by atoms with E-state index in [2.05, 4.69) is 20.6 Å². The van der Waals surface area contributed by atoms with Crippen LogP contribution in [-0.4, -0.2) is 29.0 Å². The fourth-order valence-electron chi connectivity index (χ4n) is 2.66. The van der Waals surface area contributed by atoms with Gasteiger partial charge in [-0.3, -0.25) is 4.79 Å². The molecule has 2 aromatic carbocycles. The maximum Gasteiger partial charge on any atom is 0.270 e. The summed E-state index contributed by atoms with van der Waals surface area (Å²) in [7, 11) is 0. The summed E-state index contributed by atoms with van der Waals surface area (Å²) in [6.07, 6.45) is 2.62. The molecule has 5 nitrogen and oxygen atoms in total. The molecule has 0 atom stereocenters. The van der Waals surface area contributed by atoms with Crippen LogP contribution in [0.25, 0.3) is 0 Å². The SMILES string of the molecule is O=C(NCCc1ccccc1)c1cc(NCCc2ccccc2F)ncn1. The number of benzene rings is 2. The Labute approximate surface area is 157 Å². The van der Waals surface area contributed by atoms with Crippen LogP contribution in [0.3, 0.4) is 0 Å². The number of carbonyl (C=O) groups is 1. The summed E-state index contributed by atoms with van der Waals surface area (Å²) in [5.74, 6) is 0.0699. The molecule has 138 valence electrons. The van der Waals surface area contributed by atoms with E-state index in [0.717, 1.165) is 12.0 Å². The summed E-state index contributed by atoms with van der Waals surface area (Å²) in [5.41, 5.74) is 2.10. The second-order valence-corrected chi connectivity index (χ2v) is 6.05. The Balaban J connectivity index is 1.49. The first-order valence-electron chi connectivity index (χ1n) is 8.84. The van der Waals surface area contributed by atoms with Gasteiger partial charge in [0.05, 0.1) is 0 Å². The van der Waals surface area contributed by atoms with Crippen LogP contribution in [0.15, 0.2) is 67.0 Å². The molecule has 0 radical (unpaired) electrons. The Morgan fingerprint density at radius 3 is 2.52 bits per heavy atom. The summed E-state index contributed by atoms with van der Waals surface area (Å²) in [6.45, 7) is 1.04. The molecule has 27 heavy (non-hydrogen) atoms. The zero-order valence-corrected chi connectivity index (χ0v) is 14.9. The topological polar surface area (TPSA) is 66.9 Å². The lowest BCUT2D eigenvalue weighted by Gasteiger charge is -2.08. The smallest absolute Gasteiger partial charge is 0.270 e. The normalized spacial score (nSPS) is 10.4. The van der Waals surface area contributed by atoms with Crippen molar-refractivity contribution in [3.05, 3.63) is 89.6 Å². The predicted octanol–water partition coefficient (Wildman–Crippen LogP) is 3.24. The van der Waals surface area contributed by atoms with E-state index in [1.54, 1.807) is 24.3 Å². The monoisotopic (exact) mass is 364 g/mol. The van der Waals surface area contributed by atoms with Gasteiger partial charge in [0.25, 0.3) is 5.91 Å². The van der Waals surface area contributed by atoms with E-state index in [-0.39, 0.29) is 11.7 Å². The maximum absolute atomic E-state index is 13.6. The van der Waals surface area contributed by atoms with Crippen molar-refractivity contribution in [1.82, 2.24) is 15.3 Å². The minimum atomic E-state index is -0.245. The van der Waals surface area contributed by atoms with Crippen LogP contribution < -0.4 is 10.6 Å². The van der Waals surface area contributed by atoms with Crippen molar-refractivity contribution in [2.45, 2.75) is 12.8 Å². The van der Waals surface area contributed by atoms with Crippen LogP contribution in [0.1, 0.15) is 21.6 Å². The van der Waals surface area contributed by atoms with Gasteiger partial charge in [0.15, 0.2) is 0 Å². The molecular formula is C21H21FN4O. The lowest BCUT2D eigenvalue weighted by atomic mass is 10.1. The Kier molecular flexibility index (Phi) is 6.46. The van der Waals surface area contributed by atoms with Gasteiger partial charge < -0.3 is 10.6 Å². The number of amides is 1. The van der Waals surface area contributed by atoms with E-state index in [1.807, 2.05) is 30.3 Å².